The SMILES string of the molecule is CCOCCCNc1nc2ccccn2c(=O)c1/C=C1/SC(=S)N(C2CCCC2)C1=O. The van der Waals surface area contributed by atoms with Crippen molar-refractivity contribution in [1.29, 1.82) is 0 Å². The number of hydrogen-bond donors (Lipinski definition) is 1. The van der Waals surface area contributed by atoms with Crippen molar-refractivity contribution in [2.45, 2.75) is 45.1 Å². The van der Waals surface area contributed by atoms with Gasteiger partial charge in [0.25, 0.3) is 11.5 Å². The van der Waals surface area contributed by atoms with Gasteiger partial charge >= 0.3 is 0 Å². The molecule has 2 aromatic heterocycles. The molecule has 1 saturated heterocycles. The molecular weight excluding hydrogens is 432 g/mol. The number of fused-ring (bicyclic) bond motifs is 1. The third-order valence-electron chi connectivity index (χ3n) is 5.52. The Bertz CT molecular complexity index is 1080. The summed E-state index contributed by atoms with van der Waals surface area (Å²) in [4.78, 5) is 33.2. The average Bonchev–Trinajstić information content (AvgIpc) is 3.38. The fourth-order valence-corrected chi connectivity index (χ4v) is 5.36. The van der Waals surface area contributed by atoms with Crippen molar-refractivity contribution in [3.8, 4) is 0 Å². The highest BCUT2D eigenvalue weighted by molar-refractivity contribution is 8.26. The van der Waals surface area contributed by atoms with Gasteiger partial charge in [-0.05, 0) is 44.4 Å². The van der Waals surface area contributed by atoms with Crippen molar-refractivity contribution in [2.75, 3.05) is 25.1 Å². The monoisotopic (exact) mass is 458 g/mol. The van der Waals surface area contributed by atoms with Gasteiger partial charge in [0.05, 0.1) is 10.5 Å². The topological polar surface area (TPSA) is 75.9 Å². The molecule has 0 spiro atoms. The molecule has 2 aromatic rings. The molecule has 2 fully saturated rings. The maximum absolute atomic E-state index is 13.2. The fourth-order valence-electron chi connectivity index (χ4n) is 3.98. The highest BCUT2D eigenvalue weighted by atomic mass is 32.2. The van der Waals surface area contributed by atoms with E-state index >= 15 is 0 Å². The first-order valence-corrected chi connectivity index (χ1v) is 11.9. The van der Waals surface area contributed by atoms with Crippen LogP contribution in [0.4, 0.5) is 5.82 Å². The Kier molecular flexibility index (Phi) is 7.04. The molecule has 0 aromatic carbocycles. The molecule has 7 nitrogen and oxygen atoms in total. The standard InChI is InChI=1S/C22H26N4O3S2/c1-2-29-13-7-11-23-19-16(20(27)25-12-6-5-10-18(25)24-19)14-17-21(28)26(22(30)31-17)15-8-3-4-9-15/h5-6,10,12,14-15,23H,2-4,7-9,11,13H2,1H3/b17-14+. The van der Waals surface area contributed by atoms with Crippen molar-refractivity contribution in [2.24, 2.45) is 0 Å². The number of nitrogens with one attached hydrogen (secondary N) is 1. The Morgan fingerprint density at radius 1 is 1.32 bits per heavy atom. The molecule has 164 valence electrons. The summed E-state index contributed by atoms with van der Waals surface area (Å²) in [5.41, 5.74) is 0.700. The predicted octanol–water partition coefficient (Wildman–Crippen LogP) is 3.68. The minimum atomic E-state index is -0.218. The first-order valence-electron chi connectivity index (χ1n) is 10.7. The Labute approximate surface area is 190 Å². The van der Waals surface area contributed by atoms with E-state index in [-0.39, 0.29) is 17.5 Å². The number of anilines is 1. The summed E-state index contributed by atoms with van der Waals surface area (Å²) in [5, 5.41) is 3.26. The predicted molar refractivity (Wildman–Crippen MR) is 128 cm³/mol. The van der Waals surface area contributed by atoms with Gasteiger partial charge in [-0.2, -0.15) is 0 Å². The highest BCUT2D eigenvalue weighted by Crippen LogP contribution is 2.38. The highest BCUT2D eigenvalue weighted by Gasteiger charge is 2.38. The summed E-state index contributed by atoms with van der Waals surface area (Å²) >= 11 is 6.77. The minimum absolute atomic E-state index is 0.109. The summed E-state index contributed by atoms with van der Waals surface area (Å²) in [6, 6.07) is 5.59. The van der Waals surface area contributed by atoms with E-state index in [1.807, 2.05) is 13.0 Å². The van der Waals surface area contributed by atoms with Crippen LogP contribution in [-0.4, -0.2) is 50.3 Å². The van der Waals surface area contributed by atoms with Gasteiger partial charge < -0.3 is 10.1 Å². The van der Waals surface area contributed by atoms with E-state index in [2.05, 4.69) is 10.3 Å². The minimum Gasteiger partial charge on any atom is -0.382 e. The third-order valence-corrected chi connectivity index (χ3v) is 6.85. The summed E-state index contributed by atoms with van der Waals surface area (Å²) in [5.74, 6) is 0.362. The summed E-state index contributed by atoms with van der Waals surface area (Å²) in [7, 11) is 0. The summed E-state index contributed by atoms with van der Waals surface area (Å²) < 4.78 is 7.45. The molecule has 4 rings (SSSR count). The van der Waals surface area contributed by atoms with Gasteiger partial charge in [-0.1, -0.05) is 42.9 Å². The molecule has 0 unspecified atom stereocenters. The average molecular weight is 459 g/mol. The number of ether oxygens (including phenoxy) is 1. The molecule has 9 heteroatoms. The Hall–Kier alpha value is -2.23. The Balaban J connectivity index is 1.67. The van der Waals surface area contributed by atoms with Crippen molar-refractivity contribution < 1.29 is 9.53 Å². The van der Waals surface area contributed by atoms with Gasteiger partial charge in [0.2, 0.25) is 0 Å². The van der Waals surface area contributed by atoms with E-state index in [9.17, 15) is 9.59 Å². The summed E-state index contributed by atoms with van der Waals surface area (Å²) in [6.45, 7) is 3.87. The van der Waals surface area contributed by atoms with E-state index in [0.717, 1.165) is 32.1 Å². The quantitative estimate of drug-likeness (QED) is 0.367. The number of amides is 1. The molecule has 1 amide bonds. The van der Waals surface area contributed by atoms with Gasteiger partial charge in [0.15, 0.2) is 0 Å². The molecule has 0 bridgehead atoms. The lowest BCUT2D eigenvalue weighted by Gasteiger charge is -2.21. The van der Waals surface area contributed by atoms with Crippen LogP contribution in [0, 0.1) is 0 Å². The van der Waals surface area contributed by atoms with Gasteiger partial charge in [-0.15, -0.1) is 0 Å². The third kappa shape index (κ3) is 4.68. The largest absolute Gasteiger partial charge is 0.382 e. The van der Waals surface area contributed by atoms with Gasteiger partial charge in [0.1, 0.15) is 15.8 Å². The zero-order valence-corrected chi connectivity index (χ0v) is 19.1. The zero-order valence-electron chi connectivity index (χ0n) is 17.5. The van der Waals surface area contributed by atoms with Crippen LogP contribution in [0.3, 0.4) is 0 Å². The van der Waals surface area contributed by atoms with Crippen LogP contribution in [-0.2, 0) is 9.53 Å². The molecule has 31 heavy (non-hydrogen) atoms. The van der Waals surface area contributed by atoms with Crippen LogP contribution >= 0.6 is 24.0 Å². The number of carbonyl (C=O) groups excluding carboxylic acids is 1. The van der Waals surface area contributed by atoms with Crippen LogP contribution in [0.25, 0.3) is 11.7 Å². The lowest BCUT2D eigenvalue weighted by atomic mass is 10.2. The number of aromatic nitrogens is 2. The van der Waals surface area contributed by atoms with Crippen LogP contribution in [0.15, 0.2) is 34.1 Å². The first-order chi connectivity index (χ1) is 15.1. The molecular formula is C22H26N4O3S2. The van der Waals surface area contributed by atoms with Crippen molar-refractivity contribution >= 4 is 51.7 Å². The number of thioether (sulfide) groups is 1. The van der Waals surface area contributed by atoms with E-state index < -0.39 is 0 Å². The van der Waals surface area contributed by atoms with Crippen LogP contribution in [0.1, 0.15) is 44.6 Å². The fraction of sp³-hybridized carbons (Fsp3) is 0.455. The number of thiocarbonyl (C=S) groups is 1. The molecule has 0 radical (unpaired) electrons. The van der Waals surface area contributed by atoms with Crippen LogP contribution in [0.5, 0.6) is 0 Å². The maximum Gasteiger partial charge on any atom is 0.267 e. The Morgan fingerprint density at radius 3 is 2.90 bits per heavy atom. The molecule has 2 aliphatic rings. The smallest absolute Gasteiger partial charge is 0.267 e. The number of nitrogens with zero attached hydrogens (tertiary/aromatic N) is 3. The van der Waals surface area contributed by atoms with Crippen molar-refractivity contribution in [3.05, 3.63) is 45.2 Å². The van der Waals surface area contributed by atoms with Gasteiger partial charge in [-0.25, -0.2) is 4.98 Å². The zero-order chi connectivity index (χ0) is 21.8. The molecule has 1 N–H and O–H groups in total. The van der Waals surface area contributed by atoms with Gasteiger partial charge in [-0.3, -0.25) is 18.9 Å². The second-order valence-corrected chi connectivity index (χ2v) is 9.25. The van der Waals surface area contributed by atoms with Gasteiger partial charge in [0, 0.05) is 32.0 Å². The molecule has 1 aliphatic heterocycles. The first kappa shape index (κ1) is 22.0. The second-order valence-electron chi connectivity index (χ2n) is 7.58. The lowest BCUT2D eigenvalue weighted by molar-refractivity contribution is -0.123. The second kappa shape index (κ2) is 9.93. The molecule has 1 aliphatic carbocycles. The summed E-state index contributed by atoms with van der Waals surface area (Å²) in [6.07, 6.45) is 8.31. The van der Waals surface area contributed by atoms with Crippen molar-refractivity contribution in [1.82, 2.24) is 14.3 Å². The van der Waals surface area contributed by atoms with E-state index in [4.69, 9.17) is 17.0 Å². The van der Waals surface area contributed by atoms with E-state index in [0.29, 0.717) is 46.0 Å². The molecule has 0 atom stereocenters. The Morgan fingerprint density at radius 2 is 2.13 bits per heavy atom. The lowest BCUT2D eigenvalue weighted by Crippen LogP contribution is -2.36. The number of pyridine rings is 1. The van der Waals surface area contributed by atoms with Crippen LogP contribution < -0.4 is 10.9 Å². The number of rotatable bonds is 8. The number of hydrogen-bond acceptors (Lipinski definition) is 7. The molecule has 3 heterocycles. The number of carbonyl (C=O) groups is 1. The normalized spacial score (nSPS) is 18.6. The van der Waals surface area contributed by atoms with E-state index in [1.165, 1.54) is 16.2 Å². The van der Waals surface area contributed by atoms with Crippen molar-refractivity contribution in [3.63, 3.8) is 0 Å². The molecule has 1 saturated carbocycles. The maximum atomic E-state index is 13.2. The van der Waals surface area contributed by atoms with Crippen LogP contribution in [0.2, 0.25) is 0 Å². The van der Waals surface area contributed by atoms with E-state index in [1.54, 1.807) is 29.3 Å².